The Morgan fingerprint density at radius 2 is 1.33 bits per heavy atom. The molecule has 0 aliphatic carbocycles. The second-order valence-electron chi connectivity index (χ2n) is 4.21. The van der Waals surface area contributed by atoms with Crippen molar-refractivity contribution in [2.75, 3.05) is 26.4 Å². The van der Waals surface area contributed by atoms with E-state index in [2.05, 4.69) is 25.6 Å². The third-order valence-electron chi connectivity index (χ3n) is 2.33. The first-order valence-corrected chi connectivity index (χ1v) is 8.92. The van der Waals surface area contributed by atoms with Crippen LogP contribution < -0.4 is 0 Å². The fourth-order valence-corrected chi connectivity index (χ4v) is 4.31. The van der Waals surface area contributed by atoms with E-state index in [1.54, 1.807) is 0 Å². The molecule has 0 aromatic rings. The van der Waals surface area contributed by atoms with E-state index in [1.165, 1.54) is 0 Å². The first-order chi connectivity index (χ1) is 8.74. The molecule has 0 saturated heterocycles. The highest BCUT2D eigenvalue weighted by molar-refractivity contribution is 6.60. The molecule has 0 aromatic carbocycles. The molecule has 106 valence electrons. The zero-order valence-corrected chi connectivity index (χ0v) is 13.0. The van der Waals surface area contributed by atoms with Crippen LogP contribution in [0.3, 0.4) is 0 Å². The topological polar surface area (TPSA) is 32.0 Å². The second kappa shape index (κ2) is 11.7. The predicted octanol–water partition coefficient (Wildman–Crippen LogP) is 3.51. The Balaban J connectivity index is 4.46. The average Bonchev–Trinajstić information content (AvgIpc) is 2.40. The van der Waals surface area contributed by atoms with E-state index >= 15 is 0 Å². The summed E-state index contributed by atoms with van der Waals surface area (Å²) in [6.07, 6.45) is 3.68. The van der Waals surface area contributed by atoms with Crippen LogP contribution in [-0.2, 0) is 13.3 Å². The van der Waals surface area contributed by atoms with Crippen molar-refractivity contribution in [3.05, 3.63) is 11.4 Å². The van der Waals surface area contributed by atoms with E-state index in [1.807, 2.05) is 0 Å². The smallest absolute Gasteiger partial charge is 0.373 e. The molecule has 0 rings (SSSR count). The monoisotopic (exact) mass is 273 g/mol. The van der Waals surface area contributed by atoms with Gasteiger partial charge in [0.25, 0.3) is 0 Å². The SMILES string of the molecule is [C-]#[N+]CCC[Si](OCCC)(OCCC)OCCC. The molecule has 0 spiro atoms. The van der Waals surface area contributed by atoms with Gasteiger partial charge in [-0.05, 0) is 19.3 Å². The van der Waals surface area contributed by atoms with Crippen molar-refractivity contribution in [3.63, 3.8) is 0 Å². The summed E-state index contributed by atoms with van der Waals surface area (Å²) in [5.41, 5.74) is 0. The minimum atomic E-state index is -2.54. The van der Waals surface area contributed by atoms with Crippen molar-refractivity contribution in [3.8, 4) is 0 Å². The molecule has 18 heavy (non-hydrogen) atoms. The molecule has 0 amide bonds. The summed E-state index contributed by atoms with van der Waals surface area (Å²) < 4.78 is 17.8. The van der Waals surface area contributed by atoms with Gasteiger partial charge in [0.05, 0.1) is 0 Å². The van der Waals surface area contributed by atoms with E-state index in [4.69, 9.17) is 19.9 Å². The molecule has 0 aliphatic heterocycles. The number of hydrogen-bond donors (Lipinski definition) is 0. The van der Waals surface area contributed by atoms with Crippen molar-refractivity contribution in [1.29, 1.82) is 0 Å². The lowest BCUT2D eigenvalue weighted by atomic mass is 10.5. The molecule has 0 aromatic heterocycles. The van der Waals surface area contributed by atoms with Gasteiger partial charge in [-0.15, -0.1) is 0 Å². The molecular weight excluding hydrogens is 246 g/mol. The Kier molecular flexibility index (Phi) is 11.4. The largest absolute Gasteiger partial charge is 0.501 e. The van der Waals surface area contributed by atoms with E-state index in [0.717, 1.165) is 31.7 Å². The Bertz CT molecular complexity index is 209. The molecule has 0 fully saturated rings. The van der Waals surface area contributed by atoms with Crippen LogP contribution in [0.4, 0.5) is 0 Å². The molecule has 0 unspecified atom stereocenters. The van der Waals surface area contributed by atoms with Gasteiger partial charge in [0.1, 0.15) is 0 Å². The van der Waals surface area contributed by atoms with Crippen LogP contribution in [0.2, 0.25) is 6.04 Å². The molecule has 5 heteroatoms. The molecule has 0 N–H and O–H groups in total. The van der Waals surface area contributed by atoms with E-state index in [9.17, 15) is 0 Å². The first kappa shape index (κ1) is 17.6. The maximum absolute atomic E-state index is 6.84. The minimum absolute atomic E-state index is 0.523. The Morgan fingerprint density at radius 3 is 1.67 bits per heavy atom. The van der Waals surface area contributed by atoms with Crippen molar-refractivity contribution >= 4 is 8.80 Å². The van der Waals surface area contributed by atoms with Gasteiger partial charge in [0.15, 0.2) is 0 Å². The molecule has 0 atom stereocenters. The van der Waals surface area contributed by atoms with Crippen LogP contribution in [0.15, 0.2) is 0 Å². The standard InChI is InChI=1S/C13H27NO3Si/c1-5-10-15-18(16-11-6-2,17-12-7-3)13-8-9-14-4/h5-13H2,1-3H3. The lowest BCUT2D eigenvalue weighted by molar-refractivity contribution is 0.0590. The molecule has 0 bridgehead atoms. The number of hydrogen-bond acceptors (Lipinski definition) is 3. The Hall–Kier alpha value is -0.413. The van der Waals surface area contributed by atoms with Gasteiger partial charge >= 0.3 is 8.80 Å². The number of nitrogens with zero attached hydrogens (tertiary/aromatic N) is 1. The zero-order chi connectivity index (χ0) is 13.7. The molecule has 4 nitrogen and oxygen atoms in total. The highest BCUT2D eigenvalue weighted by atomic mass is 28.4. The molecule has 0 radical (unpaired) electrons. The zero-order valence-electron chi connectivity index (χ0n) is 12.0. The number of rotatable bonds is 12. The Labute approximate surface area is 113 Å². The summed E-state index contributed by atoms with van der Waals surface area (Å²) in [6, 6.07) is 0.759. The fourth-order valence-electron chi connectivity index (χ4n) is 1.49. The van der Waals surface area contributed by atoms with E-state index in [0.29, 0.717) is 26.4 Å². The maximum atomic E-state index is 6.84. The molecule has 0 saturated carbocycles. The molecular formula is C13H27NO3Si. The van der Waals surface area contributed by atoms with Crippen molar-refractivity contribution in [1.82, 2.24) is 0 Å². The van der Waals surface area contributed by atoms with Crippen LogP contribution in [0.5, 0.6) is 0 Å². The van der Waals surface area contributed by atoms with Crippen LogP contribution in [0, 0.1) is 6.57 Å². The van der Waals surface area contributed by atoms with Gasteiger partial charge < -0.3 is 18.1 Å². The summed E-state index contributed by atoms with van der Waals surface area (Å²) >= 11 is 0. The third-order valence-corrected chi connectivity index (χ3v) is 5.23. The van der Waals surface area contributed by atoms with Gasteiger partial charge in [-0.3, -0.25) is 0 Å². The van der Waals surface area contributed by atoms with Crippen LogP contribution in [0.25, 0.3) is 4.85 Å². The van der Waals surface area contributed by atoms with Crippen LogP contribution >= 0.6 is 0 Å². The minimum Gasteiger partial charge on any atom is -0.373 e. The quantitative estimate of drug-likeness (QED) is 0.310. The third kappa shape index (κ3) is 7.83. The van der Waals surface area contributed by atoms with E-state index < -0.39 is 8.80 Å². The summed E-state index contributed by atoms with van der Waals surface area (Å²) in [6.45, 7) is 15.6. The summed E-state index contributed by atoms with van der Waals surface area (Å²) in [5.74, 6) is 0. The summed E-state index contributed by atoms with van der Waals surface area (Å²) in [7, 11) is -2.54. The van der Waals surface area contributed by atoms with Gasteiger partial charge in [0.2, 0.25) is 6.54 Å². The van der Waals surface area contributed by atoms with Gasteiger partial charge in [-0.2, -0.15) is 0 Å². The summed E-state index contributed by atoms with van der Waals surface area (Å²) in [5, 5.41) is 0. The lowest BCUT2D eigenvalue weighted by Gasteiger charge is -2.29. The molecule has 0 heterocycles. The van der Waals surface area contributed by atoms with Crippen LogP contribution in [0.1, 0.15) is 46.5 Å². The molecule has 0 aliphatic rings. The Morgan fingerprint density at radius 1 is 0.889 bits per heavy atom. The predicted molar refractivity (Wildman–Crippen MR) is 75.4 cm³/mol. The van der Waals surface area contributed by atoms with Crippen molar-refractivity contribution < 1.29 is 13.3 Å². The lowest BCUT2D eigenvalue weighted by Crippen LogP contribution is -2.46. The highest BCUT2D eigenvalue weighted by Gasteiger charge is 2.40. The maximum Gasteiger partial charge on any atom is 0.501 e. The van der Waals surface area contributed by atoms with Gasteiger partial charge in [-0.1, -0.05) is 20.8 Å². The van der Waals surface area contributed by atoms with Gasteiger partial charge in [-0.25, -0.2) is 6.57 Å². The van der Waals surface area contributed by atoms with Crippen molar-refractivity contribution in [2.45, 2.75) is 52.5 Å². The normalized spacial score (nSPS) is 11.4. The summed E-state index contributed by atoms with van der Waals surface area (Å²) in [4.78, 5) is 3.39. The van der Waals surface area contributed by atoms with Crippen LogP contribution in [-0.4, -0.2) is 35.2 Å². The second-order valence-corrected chi connectivity index (χ2v) is 6.95. The average molecular weight is 273 g/mol. The van der Waals surface area contributed by atoms with Crippen molar-refractivity contribution in [2.24, 2.45) is 0 Å². The van der Waals surface area contributed by atoms with E-state index in [-0.39, 0.29) is 0 Å². The van der Waals surface area contributed by atoms with Gasteiger partial charge in [0, 0.05) is 32.3 Å². The highest BCUT2D eigenvalue weighted by Crippen LogP contribution is 2.19. The fraction of sp³-hybridized carbons (Fsp3) is 0.923. The first-order valence-electron chi connectivity index (χ1n) is 6.99.